The third-order valence-electron chi connectivity index (χ3n) is 5.02. The van der Waals surface area contributed by atoms with Crippen molar-refractivity contribution >= 4 is 67.7 Å². The van der Waals surface area contributed by atoms with Crippen LogP contribution in [-0.4, -0.2) is 32.4 Å². The Hall–Kier alpha value is -1.80. The highest BCUT2D eigenvalue weighted by Gasteiger charge is 2.25. The molecule has 1 aliphatic heterocycles. The number of rotatable bonds is 7. The van der Waals surface area contributed by atoms with Gasteiger partial charge >= 0.3 is 0 Å². The summed E-state index contributed by atoms with van der Waals surface area (Å²) in [5.41, 5.74) is 2.05. The molecule has 2 N–H and O–H groups in total. The molecule has 0 aliphatic carbocycles. The van der Waals surface area contributed by atoms with Crippen molar-refractivity contribution in [2.24, 2.45) is 0 Å². The number of benzene rings is 2. The molecule has 0 fully saturated rings. The van der Waals surface area contributed by atoms with E-state index in [4.69, 9.17) is 34.8 Å². The fraction of sp³-hybridized carbons (Fsp3) is 0.333. The zero-order chi connectivity index (χ0) is 22.8. The first-order chi connectivity index (χ1) is 14.5. The van der Waals surface area contributed by atoms with Crippen LogP contribution in [0.15, 0.2) is 35.2 Å². The number of Topliss-reactive ketones (excluding diaryl/α,β-unsaturated/α-hetero) is 1. The van der Waals surface area contributed by atoms with Gasteiger partial charge in [-0.2, -0.15) is 0 Å². The van der Waals surface area contributed by atoms with E-state index in [0.29, 0.717) is 35.0 Å². The number of anilines is 2. The molecule has 6 nitrogen and oxygen atoms in total. The van der Waals surface area contributed by atoms with E-state index in [1.807, 2.05) is 6.07 Å². The molecule has 2 aromatic carbocycles. The van der Waals surface area contributed by atoms with Crippen LogP contribution in [0.2, 0.25) is 15.1 Å². The Morgan fingerprint density at radius 1 is 1.10 bits per heavy atom. The van der Waals surface area contributed by atoms with E-state index in [9.17, 15) is 18.0 Å². The predicted octanol–water partition coefficient (Wildman–Crippen LogP) is 5.16. The third-order valence-corrected chi connectivity index (χ3v) is 6.96. The number of hydrogen-bond donors (Lipinski definition) is 2. The summed E-state index contributed by atoms with van der Waals surface area (Å²) in [4.78, 5) is 24.8. The highest BCUT2D eigenvalue weighted by atomic mass is 35.5. The van der Waals surface area contributed by atoms with Gasteiger partial charge in [0.05, 0.1) is 32.4 Å². The first-order valence-electron chi connectivity index (χ1n) is 9.61. The summed E-state index contributed by atoms with van der Waals surface area (Å²) < 4.78 is 23.1. The van der Waals surface area contributed by atoms with Crippen molar-refractivity contribution in [3.05, 3.63) is 51.0 Å². The molecule has 0 radical (unpaired) electrons. The van der Waals surface area contributed by atoms with Gasteiger partial charge in [0.25, 0.3) is 0 Å². The summed E-state index contributed by atoms with van der Waals surface area (Å²) in [6.07, 6.45) is 3.17. The van der Waals surface area contributed by atoms with E-state index in [1.54, 1.807) is 6.07 Å². The molecule has 0 aromatic heterocycles. The fourth-order valence-corrected chi connectivity index (χ4v) is 4.94. The maximum atomic E-state index is 12.6. The van der Waals surface area contributed by atoms with Gasteiger partial charge in [0.2, 0.25) is 5.91 Å². The van der Waals surface area contributed by atoms with Gasteiger partial charge in [-0.1, -0.05) is 34.8 Å². The Morgan fingerprint density at radius 3 is 2.52 bits per heavy atom. The molecule has 3 rings (SSSR count). The standard InChI is InChI=1S/C21H21Cl3N2O4S/c1-31(29,30)14-6-8-17(15(23)11-14)25-20(28)4-2-3-19(27)18-7-5-12-9-13(22)10-16(24)21(12)26-18/h6,8-11,18,26H,2-5,7H2,1H3,(H,25,28). The van der Waals surface area contributed by atoms with Gasteiger partial charge in [-0.25, -0.2) is 8.42 Å². The number of halogens is 3. The molecule has 0 saturated carbocycles. The minimum Gasteiger partial charge on any atom is -0.374 e. The highest BCUT2D eigenvalue weighted by Crippen LogP contribution is 2.35. The van der Waals surface area contributed by atoms with Gasteiger partial charge in [0.15, 0.2) is 15.6 Å². The van der Waals surface area contributed by atoms with E-state index >= 15 is 0 Å². The van der Waals surface area contributed by atoms with Crippen LogP contribution in [0, 0.1) is 0 Å². The number of nitrogens with one attached hydrogen (secondary N) is 2. The molecule has 1 unspecified atom stereocenters. The minimum absolute atomic E-state index is 0.0139. The predicted molar refractivity (Wildman–Crippen MR) is 124 cm³/mol. The summed E-state index contributed by atoms with van der Waals surface area (Å²) in [5, 5.41) is 7.01. The summed E-state index contributed by atoms with van der Waals surface area (Å²) in [5.74, 6) is -0.290. The number of ketones is 1. The number of amides is 1. The molecule has 2 aromatic rings. The highest BCUT2D eigenvalue weighted by molar-refractivity contribution is 7.90. The van der Waals surface area contributed by atoms with Gasteiger partial charge in [-0.05, 0) is 55.2 Å². The zero-order valence-electron chi connectivity index (χ0n) is 16.7. The summed E-state index contributed by atoms with van der Waals surface area (Å²) >= 11 is 18.3. The number of carbonyl (C=O) groups is 2. The summed E-state index contributed by atoms with van der Waals surface area (Å²) in [6, 6.07) is 7.24. The Balaban J connectivity index is 1.50. The molecule has 1 amide bonds. The lowest BCUT2D eigenvalue weighted by Crippen LogP contribution is -2.33. The second-order valence-electron chi connectivity index (χ2n) is 7.44. The van der Waals surface area contributed by atoms with E-state index in [0.717, 1.165) is 17.5 Å². The van der Waals surface area contributed by atoms with E-state index in [-0.39, 0.29) is 40.5 Å². The molecule has 10 heteroatoms. The number of aryl methyl sites for hydroxylation is 1. The second-order valence-corrected chi connectivity index (χ2v) is 10.7. The normalized spacial score (nSPS) is 15.7. The molecule has 31 heavy (non-hydrogen) atoms. The summed E-state index contributed by atoms with van der Waals surface area (Å²) in [7, 11) is -3.38. The van der Waals surface area contributed by atoms with Crippen LogP contribution in [0.3, 0.4) is 0 Å². The lowest BCUT2D eigenvalue weighted by Gasteiger charge is -2.27. The van der Waals surface area contributed by atoms with Crippen molar-refractivity contribution in [1.29, 1.82) is 0 Å². The first kappa shape index (κ1) is 23.9. The molecule has 166 valence electrons. The smallest absolute Gasteiger partial charge is 0.224 e. The van der Waals surface area contributed by atoms with Gasteiger partial charge in [-0.3, -0.25) is 9.59 Å². The largest absolute Gasteiger partial charge is 0.374 e. The second kappa shape index (κ2) is 9.77. The van der Waals surface area contributed by atoms with Crippen LogP contribution < -0.4 is 10.6 Å². The summed E-state index contributed by atoms with van der Waals surface area (Å²) in [6.45, 7) is 0. The van der Waals surface area contributed by atoms with Gasteiger partial charge in [0.1, 0.15) is 0 Å². The van der Waals surface area contributed by atoms with E-state index < -0.39 is 9.84 Å². The Kier molecular flexibility index (Phi) is 7.52. The quantitative estimate of drug-likeness (QED) is 0.545. The average molecular weight is 504 g/mol. The Labute approximate surface area is 196 Å². The molecule has 1 atom stereocenters. The first-order valence-corrected chi connectivity index (χ1v) is 12.6. The van der Waals surface area contributed by atoms with Crippen molar-refractivity contribution < 1.29 is 18.0 Å². The van der Waals surface area contributed by atoms with Crippen molar-refractivity contribution in [3.8, 4) is 0 Å². The lowest BCUT2D eigenvalue weighted by atomic mass is 9.93. The molecule has 1 aliphatic rings. The number of hydrogen-bond acceptors (Lipinski definition) is 5. The van der Waals surface area contributed by atoms with Crippen molar-refractivity contribution in [1.82, 2.24) is 0 Å². The molecular weight excluding hydrogens is 483 g/mol. The maximum Gasteiger partial charge on any atom is 0.224 e. The van der Waals surface area contributed by atoms with Crippen LogP contribution in [-0.2, 0) is 25.8 Å². The molecule has 0 bridgehead atoms. The van der Waals surface area contributed by atoms with E-state index in [2.05, 4.69) is 10.6 Å². The van der Waals surface area contributed by atoms with Gasteiger partial charge in [0, 0.05) is 24.1 Å². The number of carbonyl (C=O) groups excluding carboxylic acids is 2. The van der Waals surface area contributed by atoms with Crippen molar-refractivity contribution in [2.45, 2.75) is 43.0 Å². The molecule has 0 spiro atoms. The molecular formula is C21H21Cl3N2O4S. The van der Waals surface area contributed by atoms with Gasteiger partial charge in [-0.15, -0.1) is 0 Å². The number of sulfone groups is 1. The lowest BCUT2D eigenvalue weighted by molar-refractivity contribution is -0.120. The van der Waals surface area contributed by atoms with Crippen LogP contribution in [0.4, 0.5) is 11.4 Å². The Morgan fingerprint density at radius 2 is 1.84 bits per heavy atom. The van der Waals surface area contributed by atoms with Crippen LogP contribution >= 0.6 is 34.8 Å². The topological polar surface area (TPSA) is 92.3 Å². The van der Waals surface area contributed by atoms with Crippen LogP contribution in [0.5, 0.6) is 0 Å². The molecule has 1 heterocycles. The monoisotopic (exact) mass is 502 g/mol. The molecule has 0 saturated heterocycles. The number of fused-ring (bicyclic) bond motifs is 1. The Bertz CT molecular complexity index is 1140. The van der Waals surface area contributed by atoms with E-state index in [1.165, 1.54) is 18.2 Å². The SMILES string of the molecule is CS(=O)(=O)c1ccc(NC(=O)CCCC(=O)C2CCc3cc(Cl)cc(Cl)c3N2)c(Cl)c1. The third kappa shape index (κ3) is 6.13. The fourth-order valence-electron chi connectivity index (χ4n) is 3.41. The van der Waals surface area contributed by atoms with Crippen molar-refractivity contribution in [3.63, 3.8) is 0 Å². The van der Waals surface area contributed by atoms with Crippen LogP contribution in [0.25, 0.3) is 0 Å². The zero-order valence-corrected chi connectivity index (χ0v) is 19.8. The van der Waals surface area contributed by atoms with Crippen molar-refractivity contribution in [2.75, 3.05) is 16.9 Å². The average Bonchev–Trinajstić information content (AvgIpc) is 2.68. The minimum atomic E-state index is -3.38. The maximum absolute atomic E-state index is 12.6. The van der Waals surface area contributed by atoms with Gasteiger partial charge < -0.3 is 10.6 Å². The van der Waals surface area contributed by atoms with Crippen LogP contribution in [0.1, 0.15) is 31.2 Å².